The average Bonchev–Trinajstić information content (AvgIpc) is 3.38. The van der Waals surface area contributed by atoms with Gasteiger partial charge in [-0.1, -0.05) is 81.5 Å². The molecule has 0 radical (unpaired) electrons. The van der Waals surface area contributed by atoms with Crippen molar-refractivity contribution in [3.05, 3.63) is 41.4 Å². The Balaban J connectivity index is 0.000000711. The summed E-state index contributed by atoms with van der Waals surface area (Å²) in [5, 5.41) is 9.15. The lowest BCUT2D eigenvalue weighted by Gasteiger charge is -2.10. The van der Waals surface area contributed by atoms with Gasteiger partial charge in [-0.3, -0.25) is 4.79 Å². The smallest absolute Gasteiger partial charge is 0.344 e. The number of allylic oxidation sites excluding steroid dienone is 2. The monoisotopic (exact) mass is 573 g/mol. The SMILES string of the molecule is CN(C)CCOC(=O)COc1ccc(Cl)cc1.Cl.O=C(O)CCCCCCCCCCCCC1C=CCC1. The van der Waals surface area contributed by atoms with E-state index in [2.05, 4.69) is 12.2 Å². The van der Waals surface area contributed by atoms with Crippen LogP contribution in [0.4, 0.5) is 0 Å². The lowest BCUT2D eigenvalue weighted by atomic mass is 9.99. The van der Waals surface area contributed by atoms with E-state index in [9.17, 15) is 9.59 Å². The summed E-state index contributed by atoms with van der Waals surface area (Å²) < 4.78 is 10.2. The maximum atomic E-state index is 11.3. The fourth-order valence-corrected chi connectivity index (χ4v) is 4.22. The quantitative estimate of drug-likeness (QED) is 0.103. The number of carboxylic acid groups (broad SMARTS) is 1. The first-order valence-corrected chi connectivity index (χ1v) is 14.3. The van der Waals surface area contributed by atoms with E-state index in [1.165, 1.54) is 70.6 Å². The molecule has 0 amide bonds. The van der Waals surface area contributed by atoms with Gasteiger partial charge in [-0.2, -0.15) is 0 Å². The van der Waals surface area contributed by atoms with E-state index < -0.39 is 5.97 Å². The third-order valence-corrected chi connectivity index (χ3v) is 6.55. The molecule has 1 unspecified atom stereocenters. The van der Waals surface area contributed by atoms with Gasteiger partial charge in [0, 0.05) is 18.0 Å². The minimum atomic E-state index is -0.655. The largest absolute Gasteiger partial charge is 0.482 e. The van der Waals surface area contributed by atoms with Crippen molar-refractivity contribution in [2.24, 2.45) is 5.92 Å². The first kappa shape index (κ1) is 36.2. The molecule has 1 aliphatic rings. The second kappa shape index (κ2) is 24.3. The molecule has 2 rings (SSSR count). The van der Waals surface area contributed by atoms with E-state index in [1.54, 1.807) is 24.3 Å². The topological polar surface area (TPSA) is 76.1 Å². The number of ether oxygens (including phenoxy) is 2. The summed E-state index contributed by atoms with van der Waals surface area (Å²) in [5.41, 5.74) is 0. The molecule has 218 valence electrons. The van der Waals surface area contributed by atoms with Gasteiger partial charge in [0.1, 0.15) is 12.4 Å². The van der Waals surface area contributed by atoms with Gasteiger partial charge in [-0.15, -0.1) is 12.4 Å². The number of hydrogen-bond donors (Lipinski definition) is 1. The zero-order valence-corrected chi connectivity index (χ0v) is 24.9. The molecule has 6 nitrogen and oxygen atoms in total. The number of benzene rings is 1. The lowest BCUT2D eigenvalue weighted by molar-refractivity contribution is -0.146. The van der Waals surface area contributed by atoms with E-state index in [-0.39, 0.29) is 25.0 Å². The van der Waals surface area contributed by atoms with Crippen LogP contribution in [0.15, 0.2) is 36.4 Å². The first-order valence-electron chi connectivity index (χ1n) is 13.9. The predicted molar refractivity (Wildman–Crippen MR) is 159 cm³/mol. The maximum Gasteiger partial charge on any atom is 0.344 e. The van der Waals surface area contributed by atoms with E-state index in [1.807, 2.05) is 19.0 Å². The number of carbonyl (C=O) groups is 2. The number of carboxylic acids is 1. The van der Waals surface area contributed by atoms with Crippen LogP contribution in [0.1, 0.15) is 89.9 Å². The molecular weight excluding hydrogens is 525 g/mol. The Kier molecular flexibility index (Phi) is 23.2. The Morgan fingerprint density at radius 2 is 1.53 bits per heavy atom. The van der Waals surface area contributed by atoms with Gasteiger partial charge < -0.3 is 19.5 Å². The normalized spacial score (nSPS) is 13.9. The van der Waals surface area contributed by atoms with E-state index in [0.29, 0.717) is 30.3 Å². The number of nitrogens with zero attached hydrogens (tertiary/aromatic N) is 1. The molecule has 1 aromatic carbocycles. The maximum absolute atomic E-state index is 11.3. The number of rotatable bonds is 19. The number of esters is 1. The number of carbonyl (C=O) groups excluding carboxylic acids is 1. The van der Waals surface area contributed by atoms with Gasteiger partial charge in [-0.25, -0.2) is 4.79 Å². The summed E-state index contributed by atoms with van der Waals surface area (Å²) in [6.45, 7) is 0.984. The number of likely N-dealkylation sites (N-methyl/N-ethyl adjacent to an activating group) is 1. The molecule has 1 aromatic rings. The molecule has 8 heteroatoms. The predicted octanol–water partition coefficient (Wildman–Crippen LogP) is 7.96. The van der Waals surface area contributed by atoms with Crippen LogP contribution < -0.4 is 4.74 Å². The van der Waals surface area contributed by atoms with Crippen LogP contribution in [0.5, 0.6) is 5.75 Å². The van der Waals surface area contributed by atoms with Gasteiger partial charge >= 0.3 is 11.9 Å². The molecule has 0 bridgehead atoms. The third-order valence-electron chi connectivity index (χ3n) is 6.30. The summed E-state index contributed by atoms with van der Waals surface area (Å²) >= 11 is 5.72. The first-order chi connectivity index (χ1) is 17.9. The van der Waals surface area contributed by atoms with Gasteiger partial charge in [0.25, 0.3) is 0 Å². The fraction of sp³-hybridized carbons (Fsp3) is 0.667. The van der Waals surface area contributed by atoms with Crippen LogP contribution >= 0.6 is 24.0 Å². The van der Waals surface area contributed by atoms with E-state index in [4.69, 9.17) is 26.2 Å². The van der Waals surface area contributed by atoms with Crippen LogP contribution in [0, 0.1) is 5.92 Å². The second-order valence-electron chi connectivity index (χ2n) is 10.00. The fourth-order valence-electron chi connectivity index (χ4n) is 4.09. The molecule has 0 heterocycles. The molecule has 0 spiro atoms. The minimum Gasteiger partial charge on any atom is -0.482 e. The average molecular weight is 575 g/mol. The third kappa shape index (κ3) is 22.2. The van der Waals surface area contributed by atoms with Crippen molar-refractivity contribution in [3.63, 3.8) is 0 Å². The Labute approximate surface area is 241 Å². The van der Waals surface area contributed by atoms with Gasteiger partial charge in [0.2, 0.25) is 0 Å². The van der Waals surface area contributed by atoms with Crippen LogP contribution in [-0.4, -0.2) is 55.8 Å². The van der Waals surface area contributed by atoms with Gasteiger partial charge in [0.15, 0.2) is 6.61 Å². The zero-order valence-electron chi connectivity index (χ0n) is 23.4. The lowest BCUT2D eigenvalue weighted by Crippen LogP contribution is -2.22. The molecule has 0 fully saturated rings. The highest BCUT2D eigenvalue weighted by Crippen LogP contribution is 2.23. The number of unbranched alkanes of at least 4 members (excludes halogenated alkanes) is 9. The van der Waals surface area contributed by atoms with Gasteiger partial charge in [-0.05, 0) is 70.0 Å². The second-order valence-corrected chi connectivity index (χ2v) is 10.4. The van der Waals surface area contributed by atoms with E-state index in [0.717, 1.165) is 18.8 Å². The summed E-state index contributed by atoms with van der Waals surface area (Å²) in [7, 11) is 3.83. The number of aliphatic carboxylic acids is 1. The minimum absolute atomic E-state index is 0. The highest BCUT2D eigenvalue weighted by molar-refractivity contribution is 6.30. The Bertz CT molecular complexity index is 756. The van der Waals surface area contributed by atoms with Crippen molar-refractivity contribution in [1.29, 1.82) is 0 Å². The summed E-state index contributed by atoms with van der Waals surface area (Å²) in [5.74, 6) is 0.458. The number of hydrogen-bond acceptors (Lipinski definition) is 5. The van der Waals surface area contributed by atoms with Crippen molar-refractivity contribution >= 4 is 35.9 Å². The van der Waals surface area contributed by atoms with Crippen LogP contribution in [0.2, 0.25) is 5.02 Å². The van der Waals surface area contributed by atoms with Crippen molar-refractivity contribution in [2.45, 2.75) is 89.9 Å². The van der Waals surface area contributed by atoms with Crippen molar-refractivity contribution in [3.8, 4) is 5.75 Å². The number of halogens is 2. The summed E-state index contributed by atoms with van der Waals surface area (Å²) in [6, 6.07) is 6.81. The molecule has 0 saturated heterocycles. The van der Waals surface area contributed by atoms with Gasteiger partial charge in [0.05, 0.1) is 0 Å². The van der Waals surface area contributed by atoms with Crippen molar-refractivity contribution < 1.29 is 24.2 Å². The summed E-state index contributed by atoms with van der Waals surface area (Å²) in [6.07, 6.45) is 21.9. The summed E-state index contributed by atoms with van der Waals surface area (Å²) in [4.78, 5) is 23.6. The molecular formula is C30H49Cl2NO5. The van der Waals surface area contributed by atoms with Crippen LogP contribution in [-0.2, 0) is 14.3 Å². The molecule has 0 aliphatic heterocycles. The molecule has 0 saturated carbocycles. The Morgan fingerprint density at radius 1 is 0.947 bits per heavy atom. The van der Waals surface area contributed by atoms with E-state index >= 15 is 0 Å². The Morgan fingerprint density at radius 3 is 2.05 bits per heavy atom. The standard InChI is InChI=1S/C18H32O2.C12H16ClNO3.ClH/c19-18(20)16-10-8-6-4-2-1-3-5-7-9-13-17-14-11-12-15-17;1-14(2)7-8-16-12(15)9-17-11-5-3-10(13)4-6-11;/h11,14,17H,1-10,12-13,15-16H2,(H,19,20);3-6H,7-9H2,1-2H3;1H. The molecule has 38 heavy (non-hydrogen) atoms. The zero-order chi connectivity index (χ0) is 27.1. The molecule has 1 aliphatic carbocycles. The van der Waals surface area contributed by atoms with Crippen LogP contribution in [0.3, 0.4) is 0 Å². The highest BCUT2D eigenvalue weighted by atomic mass is 35.5. The highest BCUT2D eigenvalue weighted by Gasteiger charge is 2.08. The molecule has 1 N–H and O–H groups in total. The van der Waals surface area contributed by atoms with Crippen molar-refractivity contribution in [2.75, 3.05) is 33.9 Å². The van der Waals surface area contributed by atoms with Crippen LogP contribution in [0.25, 0.3) is 0 Å². The van der Waals surface area contributed by atoms with Crippen molar-refractivity contribution in [1.82, 2.24) is 4.90 Å². The molecule has 1 atom stereocenters. The Hall–Kier alpha value is -1.76. The molecule has 0 aromatic heterocycles.